The Hall–Kier alpha value is -1.40. The number of nitrogens with one attached hydrogen (secondary N) is 1. The molecule has 1 rings (SSSR count). The standard InChI is InChI=1S/C15H26N2O4/c1-5-9(3)21-13-8-11(15(19)20-6-2)7-12(16)14(13)17-10(4)18/h8-9,12-14H,5-7,16H2,1-4H3,(H,17,18)/t9-,12+,13-,14-/m1/s1. The SMILES string of the molecule is CCOC(=O)C1=C[C@@H](O[C@H](C)CC)[C@H](NC(C)=O)[C@@H](N)C1. The van der Waals surface area contributed by atoms with Crippen molar-refractivity contribution in [3.63, 3.8) is 0 Å². The summed E-state index contributed by atoms with van der Waals surface area (Å²) in [5.74, 6) is -0.534. The van der Waals surface area contributed by atoms with Crippen molar-refractivity contribution in [2.24, 2.45) is 5.73 Å². The Morgan fingerprint density at radius 2 is 2.14 bits per heavy atom. The first-order chi connectivity index (χ1) is 9.88. The van der Waals surface area contributed by atoms with Crippen LogP contribution in [0.2, 0.25) is 0 Å². The zero-order valence-corrected chi connectivity index (χ0v) is 13.2. The predicted octanol–water partition coefficient (Wildman–Crippen LogP) is 0.895. The van der Waals surface area contributed by atoms with Gasteiger partial charge in [0.2, 0.25) is 5.91 Å². The molecule has 0 radical (unpaired) electrons. The first kappa shape index (κ1) is 17.7. The summed E-state index contributed by atoms with van der Waals surface area (Å²) in [5.41, 5.74) is 6.63. The van der Waals surface area contributed by atoms with Crippen LogP contribution in [0.15, 0.2) is 11.6 Å². The van der Waals surface area contributed by atoms with E-state index in [1.807, 2.05) is 13.8 Å². The molecule has 1 aliphatic rings. The number of nitrogens with two attached hydrogens (primary N) is 1. The van der Waals surface area contributed by atoms with E-state index in [9.17, 15) is 9.59 Å². The highest BCUT2D eigenvalue weighted by atomic mass is 16.5. The van der Waals surface area contributed by atoms with Gasteiger partial charge in [-0.05, 0) is 32.8 Å². The third kappa shape index (κ3) is 5.13. The highest BCUT2D eigenvalue weighted by molar-refractivity contribution is 5.89. The summed E-state index contributed by atoms with van der Waals surface area (Å²) in [5, 5.41) is 2.82. The van der Waals surface area contributed by atoms with Crippen LogP contribution in [0.4, 0.5) is 0 Å². The third-order valence-electron chi connectivity index (χ3n) is 3.51. The van der Waals surface area contributed by atoms with Crippen LogP contribution < -0.4 is 11.1 Å². The van der Waals surface area contributed by atoms with E-state index >= 15 is 0 Å². The lowest BCUT2D eigenvalue weighted by Gasteiger charge is -2.36. The van der Waals surface area contributed by atoms with Crippen LogP contribution in [0.25, 0.3) is 0 Å². The lowest BCUT2D eigenvalue weighted by Crippen LogP contribution is -2.57. The second-order valence-electron chi connectivity index (χ2n) is 5.33. The number of amides is 1. The first-order valence-corrected chi connectivity index (χ1v) is 7.44. The fourth-order valence-electron chi connectivity index (χ4n) is 2.28. The van der Waals surface area contributed by atoms with E-state index in [2.05, 4.69) is 5.32 Å². The second kappa shape index (κ2) is 8.14. The van der Waals surface area contributed by atoms with Gasteiger partial charge in [0.15, 0.2) is 0 Å². The van der Waals surface area contributed by atoms with Crippen LogP contribution in [-0.2, 0) is 19.1 Å². The largest absolute Gasteiger partial charge is 0.463 e. The molecule has 0 fully saturated rings. The number of hydrogen-bond acceptors (Lipinski definition) is 5. The Morgan fingerprint density at radius 3 is 2.67 bits per heavy atom. The molecule has 21 heavy (non-hydrogen) atoms. The van der Waals surface area contributed by atoms with E-state index in [-0.39, 0.29) is 30.1 Å². The third-order valence-corrected chi connectivity index (χ3v) is 3.51. The molecule has 6 nitrogen and oxygen atoms in total. The summed E-state index contributed by atoms with van der Waals surface area (Å²) < 4.78 is 10.9. The minimum atomic E-state index is -0.424. The van der Waals surface area contributed by atoms with Crippen LogP contribution in [0.1, 0.15) is 40.5 Å². The molecule has 0 saturated carbocycles. The van der Waals surface area contributed by atoms with E-state index in [1.165, 1.54) is 6.92 Å². The molecule has 0 spiro atoms. The summed E-state index contributed by atoms with van der Waals surface area (Å²) in [4.78, 5) is 23.2. The highest BCUT2D eigenvalue weighted by Crippen LogP contribution is 2.23. The summed E-state index contributed by atoms with van der Waals surface area (Å²) >= 11 is 0. The van der Waals surface area contributed by atoms with E-state index in [1.54, 1.807) is 13.0 Å². The number of hydrogen-bond donors (Lipinski definition) is 2. The van der Waals surface area contributed by atoms with Crippen molar-refractivity contribution in [2.75, 3.05) is 6.61 Å². The number of rotatable bonds is 6. The number of esters is 1. The van der Waals surface area contributed by atoms with Crippen molar-refractivity contribution in [3.8, 4) is 0 Å². The Balaban J connectivity index is 2.95. The average molecular weight is 298 g/mol. The normalized spacial score (nSPS) is 26.7. The first-order valence-electron chi connectivity index (χ1n) is 7.44. The average Bonchev–Trinajstić information content (AvgIpc) is 2.42. The Kier molecular flexibility index (Phi) is 6.84. The van der Waals surface area contributed by atoms with Crippen molar-refractivity contribution in [3.05, 3.63) is 11.6 Å². The van der Waals surface area contributed by atoms with Crippen LogP contribution in [0, 0.1) is 0 Å². The predicted molar refractivity (Wildman–Crippen MR) is 79.5 cm³/mol. The zero-order valence-electron chi connectivity index (χ0n) is 13.2. The molecule has 0 aromatic rings. The molecule has 1 aliphatic carbocycles. The number of carbonyl (C=O) groups is 2. The van der Waals surface area contributed by atoms with Gasteiger partial charge in [-0.3, -0.25) is 4.79 Å². The molecule has 120 valence electrons. The Bertz CT molecular complexity index is 408. The number of ether oxygens (including phenoxy) is 2. The fraction of sp³-hybridized carbons (Fsp3) is 0.733. The van der Waals surface area contributed by atoms with Crippen LogP contribution in [0.3, 0.4) is 0 Å². The van der Waals surface area contributed by atoms with E-state index < -0.39 is 6.10 Å². The molecular weight excluding hydrogens is 272 g/mol. The topological polar surface area (TPSA) is 90.6 Å². The Morgan fingerprint density at radius 1 is 1.48 bits per heavy atom. The van der Waals surface area contributed by atoms with Crippen LogP contribution in [-0.4, -0.2) is 42.8 Å². The molecule has 0 aromatic heterocycles. The smallest absolute Gasteiger partial charge is 0.333 e. The maximum absolute atomic E-state index is 11.9. The fourth-order valence-corrected chi connectivity index (χ4v) is 2.28. The van der Waals surface area contributed by atoms with Gasteiger partial charge in [-0.15, -0.1) is 0 Å². The summed E-state index contributed by atoms with van der Waals surface area (Å²) in [6.45, 7) is 7.48. The summed E-state index contributed by atoms with van der Waals surface area (Å²) in [7, 11) is 0. The van der Waals surface area contributed by atoms with Gasteiger partial charge >= 0.3 is 5.97 Å². The minimum absolute atomic E-state index is 0.0104. The molecule has 6 heteroatoms. The molecule has 0 heterocycles. The van der Waals surface area contributed by atoms with Crippen LogP contribution in [0.5, 0.6) is 0 Å². The van der Waals surface area contributed by atoms with E-state index in [0.717, 1.165) is 6.42 Å². The van der Waals surface area contributed by atoms with E-state index in [4.69, 9.17) is 15.2 Å². The van der Waals surface area contributed by atoms with Gasteiger partial charge in [-0.25, -0.2) is 4.79 Å². The van der Waals surface area contributed by atoms with Gasteiger partial charge in [0.05, 0.1) is 24.9 Å². The van der Waals surface area contributed by atoms with Gasteiger partial charge in [0.25, 0.3) is 0 Å². The van der Waals surface area contributed by atoms with Crippen molar-refractivity contribution in [2.45, 2.75) is 64.8 Å². The maximum Gasteiger partial charge on any atom is 0.333 e. The lowest BCUT2D eigenvalue weighted by molar-refractivity contribution is -0.139. The van der Waals surface area contributed by atoms with Crippen molar-refractivity contribution < 1.29 is 19.1 Å². The monoisotopic (exact) mass is 298 g/mol. The molecule has 0 aliphatic heterocycles. The molecule has 0 unspecified atom stereocenters. The van der Waals surface area contributed by atoms with Gasteiger partial charge in [0.1, 0.15) is 0 Å². The minimum Gasteiger partial charge on any atom is -0.463 e. The van der Waals surface area contributed by atoms with Crippen LogP contribution >= 0.6 is 0 Å². The number of carbonyl (C=O) groups excluding carboxylic acids is 2. The van der Waals surface area contributed by atoms with Gasteiger partial charge < -0.3 is 20.5 Å². The second-order valence-corrected chi connectivity index (χ2v) is 5.33. The van der Waals surface area contributed by atoms with Gasteiger partial charge in [-0.2, -0.15) is 0 Å². The highest BCUT2D eigenvalue weighted by Gasteiger charge is 2.35. The zero-order chi connectivity index (χ0) is 16.0. The summed E-state index contributed by atoms with van der Waals surface area (Å²) in [6, 6.07) is -0.720. The lowest BCUT2D eigenvalue weighted by atomic mass is 9.88. The summed E-state index contributed by atoms with van der Waals surface area (Å²) in [6.07, 6.45) is 2.52. The van der Waals surface area contributed by atoms with Gasteiger partial charge in [0, 0.05) is 18.5 Å². The van der Waals surface area contributed by atoms with Gasteiger partial charge in [-0.1, -0.05) is 6.92 Å². The molecule has 0 saturated heterocycles. The van der Waals surface area contributed by atoms with Crippen molar-refractivity contribution >= 4 is 11.9 Å². The molecule has 4 atom stereocenters. The molecular formula is C15H26N2O4. The molecule has 0 bridgehead atoms. The Labute approximate surface area is 126 Å². The molecule has 3 N–H and O–H groups in total. The molecule has 0 aromatic carbocycles. The van der Waals surface area contributed by atoms with Crippen molar-refractivity contribution in [1.82, 2.24) is 5.32 Å². The van der Waals surface area contributed by atoms with Crippen molar-refractivity contribution in [1.29, 1.82) is 0 Å². The molecule has 1 amide bonds. The van der Waals surface area contributed by atoms with E-state index in [0.29, 0.717) is 18.6 Å². The maximum atomic E-state index is 11.9. The quantitative estimate of drug-likeness (QED) is 0.711.